The van der Waals surface area contributed by atoms with E-state index < -0.39 is 29.3 Å². The Labute approximate surface area is 177 Å². The zero-order valence-corrected chi connectivity index (χ0v) is 17.7. The predicted molar refractivity (Wildman–Crippen MR) is 110 cm³/mol. The first-order valence-electron chi connectivity index (χ1n) is 10.7. The van der Waals surface area contributed by atoms with Crippen LogP contribution in [0.5, 0.6) is 0 Å². The van der Waals surface area contributed by atoms with Gasteiger partial charge in [0.05, 0.1) is 24.4 Å². The van der Waals surface area contributed by atoms with Crippen molar-refractivity contribution in [1.82, 2.24) is 0 Å². The summed E-state index contributed by atoms with van der Waals surface area (Å²) >= 11 is 0. The molecule has 0 aromatic heterocycles. The van der Waals surface area contributed by atoms with Crippen molar-refractivity contribution in [2.75, 3.05) is 6.61 Å². The number of hydrogen-bond donors (Lipinski definition) is 0. The molecule has 0 radical (unpaired) electrons. The molecule has 30 heavy (non-hydrogen) atoms. The Morgan fingerprint density at radius 1 is 0.933 bits per heavy atom. The molecule has 0 saturated heterocycles. The molecule has 0 bridgehead atoms. The minimum absolute atomic E-state index is 0.0921. The maximum absolute atomic E-state index is 13.6. The molecule has 8 heteroatoms. The average molecular weight is 425 g/mol. The lowest BCUT2D eigenvalue weighted by atomic mass is 10.1. The van der Waals surface area contributed by atoms with Gasteiger partial charge in [0.25, 0.3) is 5.69 Å². The Kier molecular flexibility index (Phi) is 13.1. The summed E-state index contributed by atoms with van der Waals surface area (Å²) in [7, 11) is 0. The smallest absolute Gasteiger partial charge is 0.306 e. The van der Waals surface area contributed by atoms with E-state index in [4.69, 9.17) is 9.47 Å². The minimum Gasteiger partial charge on any atom is -0.466 e. The normalized spacial score (nSPS) is 10.6. The first-order valence-corrected chi connectivity index (χ1v) is 10.7. The third-order valence-corrected chi connectivity index (χ3v) is 4.67. The van der Waals surface area contributed by atoms with Gasteiger partial charge < -0.3 is 9.47 Å². The van der Waals surface area contributed by atoms with Crippen molar-refractivity contribution in [2.24, 2.45) is 0 Å². The van der Waals surface area contributed by atoms with Crippen LogP contribution in [0, 0.1) is 15.9 Å². The Morgan fingerprint density at radius 2 is 1.50 bits per heavy atom. The van der Waals surface area contributed by atoms with E-state index in [2.05, 4.69) is 6.92 Å². The number of nitro groups is 1. The van der Waals surface area contributed by atoms with Crippen LogP contribution in [0.3, 0.4) is 0 Å². The molecule has 0 saturated carbocycles. The van der Waals surface area contributed by atoms with E-state index >= 15 is 0 Å². The highest BCUT2D eigenvalue weighted by molar-refractivity contribution is 5.77. The van der Waals surface area contributed by atoms with Crippen LogP contribution < -0.4 is 0 Å². The maximum atomic E-state index is 13.6. The molecule has 0 amide bonds. The number of nitro benzene ring substituents is 1. The quantitative estimate of drug-likeness (QED) is 0.147. The molecular weight excluding hydrogens is 393 g/mol. The molecule has 0 aliphatic rings. The second-order valence-electron chi connectivity index (χ2n) is 7.24. The molecule has 168 valence electrons. The number of ether oxygens (including phenoxy) is 2. The van der Waals surface area contributed by atoms with Crippen molar-refractivity contribution in [2.45, 2.75) is 84.2 Å². The van der Waals surface area contributed by atoms with E-state index in [1.165, 1.54) is 38.5 Å². The van der Waals surface area contributed by atoms with Gasteiger partial charge in [-0.3, -0.25) is 19.7 Å². The zero-order valence-electron chi connectivity index (χ0n) is 17.7. The highest BCUT2D eigenvalue weighted by atomic mass is 19.1. The lowest BCUT2D eigenvalue weighted by Crippen LogP contribution is -2.11. The first kappa shape index (κ1) is 25.5. The van der Waals surface area contributed by atoms with Gasteiger partial charge in [-0.2, -0.15) is 0 Å². The lowest BCUT2D eigenvalue weighted by Gasteiger charge is -2.07. The summed E-state index contributed by atoms with van der Waals surface area (Å²) in [5.41, 5.74) is -0.381. The second kappa shape index (κ2) is 15.3. The topological polar surface area (TPSA) is 95.7 Å². The summed E-state index contributed by atoms with van der Waals surface area (Å²) in [5, 5.41) is 10.7. The highest BCUT2D eigenvalue weighted by Gasteiger charge is 2.14. The third kappa shape index (κ3) is 11.5. The van der Waals surface area contributed by atoms with E-state index in [0.717, 1.165) is 37.5 Å². The molecule has 1 aromatic carbocycles. The summed E-state index contributed by atoms with van der Waals surface area (Å²) in [6.07, 6.45) is 10.2. The summed E-state index contributed by atoms with van der Waals surface area (Å²) in [5.74, 6) is -1.87. The van der Waals surface area contributed by atoms with E-state index in [1.54, 1.807) is 0 Å². The zero-order chi connectivity index (χ0) is 22.2. The molecule has 1 aromatic rings. The second-order valence-corrected chi connectivity index (χ2v) is 7.24. The number of non-ortho nitro benzene ring substituents is 1. The van der Waals surface area contributed by atoms with Crippen LogP contribution in [-0.2, 0) is 25.7 Å². The van der Waals surface area contributed by atoms with Crippen LogP contribution in [0.4, 0.5) is 10.1 Å². The van der Waals surface area contributed by atoms with Gasteiger partial charge in [0.15, 0.2) is 0 Å². The Bertz CT molecular complexity index is 680. The third-order valence-electron chi connectivity index (χ3n) is 4.67. The fourth-order valence-electron chi connectivity index (χ4n) is 2.89. The molecule has 7 nitrogen and oxygen atoms in total. The van der Waals surface area contributed by atoms with E-state index in [1.807, 2.05) is 0 Å². The molecule has 0 heterocycles. The van der Waals surface area contributed by atoms with Crippen molar-refractivity contribution in [1.29, 1.82) is 0 Å². The number of esters is 2. The van der Waals surface area contributed by atoms with Gasteiger partial charge in [-0.25, -0.2) is 4.39 Å². The average Bonchev–Trinajstić information content (AvgIpc) is 2.72. The molecule has 0 fully saturated rings. The predicted octanol–water partition coefficient (Wildman–Crippen LogP) is 5.63. The number of halogens is 1. The van der Waals surface area contributed by atoms with E-state index in [0.29, 0.717) is 6.61 Å². The highest BCUT2D eigenvalue weighted by Crippen LogP contribution is 2.18. The van der Waals surface area contributed by atoms with E-state index in [9.17, 15) is 24.1 Å². The number of carbonyl (C=O) groups is 2. The molecule has 0 atom stereocenters. The van der Waals surface area contributed by atoms with Crippen LogP contribution >= 0.6 is 0 Å². The van der Waals surface area contributed by atoms with Gasteiger partial charge in [-0.15, -0.1) is 0 Å². The van der Waals surface area contributed by atoms with E-state index in [-0.39, 0.29) is 24.1 Å². The van der Waals surface area contributed by atoms with Crippen molar-refractivity contribution in [3.05, 3.63) is 39.7 Å². The lowest BCUT2D eigenvalue weighted by molar-refractivity contribution is -0.385. The molecule has 0 unspecified atom stereocenters. The monoisotopic (exact) mass is 425 g/mol. The molecule has 0 aliphatic heterocycles. The van der Waals surface area contributed by atoms with Crippen LogP contribution in [0.2, 0.25) is 0 Å². The van der Waals surface area contributed by atoms with Crippen molar-refractivity contribution in [3.63, 3.8) is 0 Å². The number of hydrogen-bond acceptors (Lipinski definition) is 6. The molecule has 1 rings (SSSR count). The molecule has 0 spiro atoms. The summed E-state index contributed by atoms with van der Waals surface area (Å²) < 4.78 is 23.6. The van der Waals surface area contributed by atoms with Gasteiger partial charge in [-0.05, 0) is 12.5 Å². The SMILES string of the molecule is CCCCCCCCCCCOC(=O)CCC(=O)OCc1cc([N+](=O)[O-])ccc1F. The minimum atomic E-state index is -0.700. The van der Waals surface area contributed by atoms with Crippen LogP contribution in [0.15, 0.2) is 18.2 Å². The largest absolute Gasteiger partial charge is 0.466 e. The maximum Gasteiger partial charge on any atom is 0.306 e. The van der Waals surface area contributed by atoms with Crippen LogP contribution in [-0.4, -0.2) is 23.5 Å². The van der Waals surface area contributed by atoms with Gasteiger partial charge >= 0.3 is 11.9 Å². The van der Waals surface area contributed by atoms with Gasteiger partial charge in [0, 0.05) is 17.7 Å². The van der Waals surface area contributed by atoms with Gasteiger partial charge in [-0.1, -0.05) is 58.3 Å². The van der Waals surface area contributed by atoms with Crippen molar-refractivity contribution < 1.29 is 28.4 Å². The first-order chi connectivity index (χ1) is 14.4. The Morgan fingerprint density at radius 3 is 2.10 bits per heavy atom. The fraction of sp³-hybridized carbons (Fsp3) is 0.636. The number of nitrogens with zero attached hydrogens (tertiary/aromatic N) is 1. The Balaban J connectivity index is 2.10. The van der Waals surface area contributed by atoms with Crippen LogP contribution in [0.1, 0.15) is 83.1 Å². The summed E-state index contributed by atoms with van der Waals surface area (Å²) in [6, 6.07) is 3.00. The van der Waals surface area contributed by atoms with Gasteiger partial charge in [0.2, 0.25) is 0 Å². The number of benzene rings is 1. The fourth-order valence-corrected chi connectivity index (χ4v) is 2.89. The number of unbranched alkanes of at least 4 members (excludes halogenated alkanes) is 8. The molecule has 0 aliphatic carbocycles. The standard InChI is InChI=1S/C22H32FNO6/c1-2-3-4-5-6-7-8-9-10-15-29-21(25)13-14-22(26)30-17-18-16-19(24(27)28)11-12-20(18)23/h11-12,16H,2-10,13-15,17H2,1H3. The van der Waals surface area contributed by atoms with Crippen molar-refractivity contribution in [3.8, 4) is 0 Å². The molecular formula is C22H32FNO6. The number of rotatable bonds is 16. The van der Waals surface area contributed by atoms with Crippen molar-refractivity contribution >= 4 is 17.6 Å². The number of carbonyl (C=O) groups excluding carboxylic acids is 2. The Hall–Kier alpha value is -2.51. The summed E-state index contributed by atoms with van der Waals surface area (Å²) in [4.78, 5) is 33.4. The summed E-state index contributed by atoms with van der Waals surface area (Å²) in [6.45, 7) is 2.11. The van der Waals surface area contributed by atoms with Gasteiger partial charge in [0.1, 0.15) is 12.4 Å². The van der Waals surface area contributed by atoms with Crippen LogP contribution in [0.25, 0.3) is 0 Å². The molecule has 0 N–H and O–H groups in total.